The molecule has 0 atom stereocenters. The molecule has 0 spiro atoms. The standard InChI is InChI=1S/C23H23F3N2O5S/c1-3-33-22(30)21-12-18-11-17(10-15(2)29)6-9-20(18)28(21)13-16-4-7-19(8-5-16)27-34(31,32)14-23(24,25)26/h4-9,11-12,27H,3,10,13-14H2,1-2H3. The number of Topliss-reactive ketones (excluding diaryl/α,β-unsaturated/α-hetero) is 1. The number of anilines is 1. The van der Waals surface area contributed by atoms with E-state index < -0.39 is 27.9 Å². The van der Waals surface area contributed by atoms with Crippen LogP contribution in [0.2, 0.25) is 0 Å². The van der Waals surface area contributed by atoms with E-state index in [0.29, 0.717) is 11.3 Å². The summed E-state index contributed by atoms with van der Waals surface area (Å²) in [5.74, 6) is -2.50. The number of sulfonamides is 1. The average molecular weight is 497 g/mol. The van der Waals surface area contributed by atoms with Crippen LogP contribution in [0, 0.1) is 0 Å². The maximum absolute atomic E-state index is 12.5. The van der Waals surface area contributed by atoms with Crippen LogP contribution in [0.4, 0.5) is 18.9 Å². The monoisotopic (exact) mass is 496 g/mol. The summed E-state index contributed by atoms with van der Waals surface area (Å²) in [5, 5.41) is 0.748. The molecule has 34 heavy (non-hydrogen) atoms. The molecule has 1 aromatic heterocycles. The highest BCUT2D eigenvalue weighted by Crippen LogP contribution is 2.25. The van der Waals surface area contributed by atoms with E-state index in [1.54, 1.807) is 41.8 Å². The molecule has 0 unspecified atom stereocenters. The van der Waals surface area contributed by atoms with Crippen molar-refractivity contribution in [2.24, 2.45) is 0 Å². The van der Waals surface area contributed by atoms with Gasteiger partial charge < -0.3 is 9.30 Å². The Morgan fingerprint density at radius 3 is 2.26 bits per heavy atom. The first-order valence-electron chi connectivity index (χ1n) is 10.3. The predicted octanol–water partition coefficient (Wildman–Crippen LogP) is 4.30. The van der Waals surface area contributed by atoms with Crippen molar-refractivity contribution < 1.29 is 35.9 Å². The van der Waals surface area contributed by atoms with E-state index in [1.165, 1.54) is 19.1 Å². The van der Waals surface area contributed by atoms with Crippen LogP contribution in [0.15, 0.2) is 48.5 Å². The summed E-state index contributed by atoms with van der Waals surface area (Å²) in [6.45, 7) is 3.59. The van der Waals surface area contributed by atoms with E-state index in [1.807, 2.05) is 10.8 Å². The van der Waals surface area contributed by atoms with E-state index in [2.05, 4.69) is 0 Å². The molecule has 0 bridgehead atoms. The van der Waals surface area contributed by atoms with Gasteiger partial charge in [-0.2, -0.15) is 13.2 Å². The molecule has 0 amide bonds. The molecule has 7 nitrogen and oxygen atoms in total. The first kappa shape index (κ1) is 25.3. The number of nitrogens with one attached hydrogen (secondary N) is 1. The van der Waals surface area contributed by atoms with Gasteiger partial charge in [0.1, 0.15) is 11.5 Å². The third kappa shape index (κ3) is 6.60. The molecule has 0 saturated heterocycles. The van der Waals surface area contributed by atoms with Crippen molar-refractivity contribution in [2.45, 2.75) is 33.0 Å². The lowest BCUT2D eigenvalue weighted by atomic mass is 10.1. The molecule has 3 aromatic rings. The van der Waals surface area contributed by atoms with E-state index in [0.717, 1.165) is 16.5 Å². The fraction of sp³-hybridized carbons (Fsp3) is 0.304. The van der Waals surface area contributed by atoms with Crippen LogP contribution in [-0.2, 0) is 32.5 Å². The predicted molar refractivity (Wildman–Crippen MR) is 121 cm³/mol. The number of hydrogen-bond acceptors (Lipinski definition) is 5. The van der Waals surface area contributed by atoms with E-state index in [9.17, 15) is 31.2 Å². The summed E-state index contributed by atoms with van der Waals surface area (Å²) in [4.78, 5) is 24.0. The van der Waals surface area contributed by atoms with Gasteiger partial charge >= 0.3 is 12.1 Å². The number of benzene rings is 2. The maximum Gasteiger partial charge on any atom is 0.404 e. The first-order chi connectivity index (χ1) is 15.9. The lowest BCUT2D eigenvalue weighted by molar-refractivity contribution is -0.116. The van der Waals surface area contributed by atoms with Crippen LogP contribution >= 0.6 is 0 Å². The molecule has 182 valence electrons. The minimum Gasteiger partial charge on any atom is -0.461 e. The number of nitrogens with zero attached hydrogens (tertiary/aromatic N) is 1. The van der Waals surface area contributed by atoms with Gasteiger partial charge in [-0.3, -0.25) is 9.52 Å². The van der Waals surface area contributed by atoms with Crippen LogP contribution in [0.1, 0.15) is 35.5 Å². The molecule has 1 N–H and O–H groups in total. The van der Waals surface area contributed by atoms with Gasteiger partial charge in [0.25, 0.3) is 0 Å². The van der Waals surface area contributed by atoms with Crippen LogP contribution in [0.3, 0.4) is 0 Å². The van der Waals surface area contributed by atoms with Crippen molar-refractivity contribution >= 4 is 38.4 Å². The van der Waals surface area contributed by atoms with Gasteiger partial charge in [-0.15, -0.1) is 0 Å². The topological polar surface area (TPSA) is 94.5 Å². The summed E-state index contributed by atoms with van der Waals surface area (Å²) in [6.07, 6.45) is -4.59. The van der Waals surface area contributed by atoms with E-state index in [-0.39, 0.29) is 31.0 Å². The number of alkyl halides is 3. The molecular formula is C23H23F3N2O5S. The minimum atomic E-state index is -4.85. The second-order valence-corrected chi connectivity index (χ2v) is 9.50. The van der Waals surface area contributed by atoms with Gasteiger partial charge in [-0.25, -0.2) is 13.2 Å². The Kier molecular flexibility index (Phi) is 7.35. The maximum atomic E-state index is 12.5. The molecular weight excluding hydrogens is 473 g/mol. The minimum absolute atomic E-state index is 0.00939. The highest BCUT2D eigenvalue weighted by molar-refractivity contribution is 7.92. The quantitative estimate of drug-likeness (QED) is 0.446. The number of aromatic nitrogens is 1. The SMILES string of the molecule is CCOC(=O)c1cc2cc(CC(C)=O)ccc2n1Cc1ccc(NS(=O)(=O)CC(F)(F)F)cc1. The highest BCUT2D eigenvalue weighted by atomic mass is 32.2. The Morgan fingerprint density at radius 1 is 1.03 bits per heavy atom. The Morgan fingerprint density at radius 2 is 1.68 bits per heavy atom. The number of ketones is 1. The van der Waals surface area contributed by atoms with Gasteiger partial charge in [0, 0.05) is 29.6 Å². The normalized spacial score (nSPS) is 12.0. The summed E-state index contributed by atoms with van der Waals surface area (Å²) in [5.41, 5.74) is 2.50. The molecule has 2 aromatic carbocycles. The fourth-order valence-electron chi connectivity index (χ4n) is 3.55. The first-order valence-corrected chi connectivity index (χ1v) is 12.0. The molecule has 0 saturated carbocycles. The Bertz CT molecular complexity index is 1310. The molecule has 0 radical (unpaired) electrons. The van der Waals surface area contributed by atoms with Crippen LogP contribution in [-0.4, -0.2) is 43.3 Å². The lowest BCUT2D eigenvalue weighted by Gasteiger charge is -2.13. The van der Waals surface area contributed by atoms with Crippen molar-refractivity contribution in [3.8, 4) is 0 Å². The smallest absolute Gasteiger partial charge is 0.404 e. The largest absolute Gasteiger partial charge is 0.461 e. The number of rotatable bonds is 9. The third-order valence-electron chi connectivity index (χ3n) is 4.83. The Hall–Kier alpha value is -3.34. The zero-order chi connectivity index (χ0) is 25.1. The van der Waals surface area contributed by atoms with Gasteiger partial charge in [0.05, 0.1) is 6.61 Å². The second kappa shape index (κ2) is 9.88. The van der Waals surface area contributed by atoms with Crippen molar-refractivity contribution in [1.29, 1.82) is 0 Å². The highest BCUT2D eigenvalue weighted by Gasteiger charge is 2.35. The van der Waals surface area contributed by atoms with Crippen LogP contribution in [0.5, 0.6) is 0 Å². The van der Waals surface area contributed by atoms with E-state index >= 15 is 0 Å². The Labute approximate surface area is 194 Å². The number of carbonyl (C=O) groups is 2. The zero-order valence-electron chi connectivity index (χ0n) is 18.5. The number of hydrogen-bond donors (Lipinski definition) is 1. The summed E-state index contributed by atoms with van der Waals surface area (Å²) in [6, 6.07) is 12.9. The van der Waals surface area contributed by atoms with E-state index in [4.69, 9.17) is 4.74 Å². The summed E-state index contributed by atoms with van der Waals surface area (Å²) >= 11 is 0. The van der Waals surface area contributed by atoms with Crippen LogP contribution in [0.25, 0.3) is 10.9 Å². The van der Waals surface area contributed by atoms with Gasteiger partial charge in [0.2, 0.25) is 10.0 Å². The number of ether oxygens (including phenoxy) is 1. The number of carbonyl (C=O) groups excluding carboxylic acids is 2. The molecule has 3 rings (SSSR count). The van der Waals surface area contributed by atoms with Crippen molar-refractivity contribution in [1.82, 2.24) is 4.57 Å². The second-order valence-electron chi connectivity index (χ2n) is 7.78. The molecule has 0 aliphatic rings. The number of halogens is 3. The van der Waals surface area contributed by atoms with Crippen molar-refractivity contribution in [3.05, 3.63) is 65.4 Å². The third-order valence-corrected chi connectivity index (χ3v) is 6.08. The average Bonchev–Trinajstić information content (AvgIpc) is 3.05. The summed E-state index contributed by atoms with van der Waals surface area (Å²) < 4.78 is 69.4. The van der Waals surface area contributed by atoms with Gasteiger partial charge in [-0.1, -0.05) is 18.2 Å². The van der Waals surface area contributed by atoms with Gasteiger partial charge in [-0.05, 0) is 55.3 Å². The molecule has 11 heteroatoms. The van der Waals surface area contributed by atoms with Gasteiger partial charge in [0.15, 0.2) is 5.75 Å². The lowest BCUT2D eigenvalue weighted by Crippen LogP contribution is -2.27. The van der Waals surface area contributed by atoms with Crippen LogP contribution < -0.4 is 4.72 Å². The summed E-state index contributed by atoms with van der Waals surface area (Å²) in [7, 11) is -4.59. The number of esters is 1. The van der Waals surface area contributed by atoms with Crippen molar-refractivity contribution in [2.75, 3.05) is 17.1 Å². The molecule has 0 fully saturated rings. The number of fused-ring (bicyclic) bond motifs is 1. The molecule has 1 heterocycles. The zero-order valence-corrected chi connectivity index (χ0v) is 19.3. The van der Waals surface area contributed by atoms with Crippen molar-refractivity contribution in [3.63, 3.8) is 0 Å². The Balaban J connectivity index is 1.90. The fourth-order valence-corrected chi connectivity index (χ4v) is 4.55. The molecule has 0 aliphatic carbocycles. The molecule has 0 aliphatic heterocycles.